The van der Waals surface area contributed by atoms with Crippen molar-refractivity contribution in [1.29, 1.82) is 0 Å². The van der Waals surface area contributed by atoms with Crippen LogP contribution in [0.2, 0.25) is 0 Å². The van der Waals surface area contributed by atoms with Crippen molar-refractivity contribution in [2.24, 2.45) is 5.14 Å². The fourth-order valence-electron chi connectivity index (χ4n) is 0.982. The first-order chi connectivity index (χ1) is 6.89. The second kappa shape index (κ2) is 4.37. The number of rotatable bonds is 3. The Balaban J connectivity index is 2.96. The van der Waals surface area contributed by atoms with Crippen molar-refractivity contribution in [2.45, 2.75) is 11.8 Å². The summed E-state index contributed by atoms with van der Waals surface area (Å²) in [5, 5.41) is 4.93. The molecule has 0 heterocycles. The lowest BCUT2D eigenvalue weighted by molar-refractivity contribution is -0.112. The highest BCUT2D eigenvalue weighted by Crippen LogP contribution is 2.09. The molecule has 0 aliphatic carbocycles. The Morgan fingerprint density at radius 3 is 2.20 bits per heavy atom. The molecule has 2 N–H and O–H groups in total. The number of primary sulfonamides is 1. The Hall–Kier alpha value is -1.46. The van der Waals surface area contributed by atoms with E-state index in [1.807, 2.05) is 0 Å². The van der Waals surface area contributed by atoms with E-state index in [0.717, 1.165) is 5.56 Å². The van der Waals surface area contributed by atoms with Gasteiger partial charge in [0.2, 0.25) is 10.0 Å². The molecule has 0 bridgehead atoms. The third kappa shape index (κ3) is 3.65. The van der Waals surface area contributed by atoms with Gasteiger partial charge in [0.05, 0.1) is 4.90 Å². The van der Waals surface area contributed by atoms with E-state index in [1.165, 1.54) is 25.1 Å². The van der Waals surface area contributed by atoms with Crippen molar-refractivity contribution in [1.82, 2.24) is 0 Å². The van der Waals surface area contributed by atoms with Gasteiger partial charge in [0, 0.05) is 0 Å². The molecule has 15 heavy (non-hydrogen) atoms. The van der Waals surface area contributed by atoms with Crippen molar-refractivity contribution in [3.05, 3.63) is 35.9 Å². The molecule has 0 aliphatic rings. The monoisotopic (exact) mass is 225 g/mol. The Morgan fingerprint density at radius 2 is 1.80 bits per heavy atom. The quantitative estimate of drug-likeness (QED) is 0.777. The number of hydrogen-bond donors (Lipinski definition) is 1. The third-order valence-electron chi connectivity index (χ3n) is 1.72. The summed E-state index contributed by atoms with van der Waals surface area (Å²) in [5.74, 6) is -0.0643. The van der Waals surface area contributed by atoms with E-state index in [9.17, 15) is 13.2 Å². The minimum absolute atomic E-state index is 0.0578. The van der Waals surface area contributed by atoms with Gasteiger partial charge in [0.15, 0.2) is 5.78 Å². The zero-order chi connectivity index (χ0) is 11.5. The first-order valence-electron chi connectivity index (χ1n) is 4.21. The largest absolute Gasteiger partial charge is 0.295 e. The van der Waals surface area contributed by atoms with Crippen LogP contribution < -0.4 is 5.14 Å². The SMILES string of the molecule is CC(=O)C=Cc1ccc(S(N)(=O)=O)cc1. The van der Waals surface area contributed by atoms with Crippen LogP contribution in [0.4, 0.5) is 0 Å². The van der Waals surface area contributed by atoms with E-state index < -0.39 is 10.0 Å². The van der Waals surface area contributed by atoms with Crippen molar-refractivity contribution in [3.8, 4) is 0 Å². The van der Waals surface area contributed by atoms with Gasteiger partial charge in [-0.1, -0.05) is 18.2 Å². The van der Waals surface area contributed by atoms with Crippen LogP contribution in [0, 0.1) is 0 Å². The van der Waals surface area contributed by atoms with Gasteiger partial charge < -0.3 is 0 Å². The molecule has 1 aromatic rings. The number of hydrogen-bond acceptors (Lipinski definition) is 3. The van der Waals surface area contributed by atoms with Gasteiger partial charge in [-0.05, 0) is 30.7 Å². The fraction of sp³-hybridized carbons (Fsp3) is 0.100. The molecule has 4 nitrogen and oxygen atoms in total. The highest BCUT2D eigenvalue weighted by atomic mass is 32.2. The Bertz CT molecular complexity index is 486. The molecule has 0 amide bonds. The number of sulfonamides is 1. The van der Waals surface area contributed by atoms with Crippen LogP contribution in [0.3, 0.4) is 0 Å². The van der Waals surface area contributed by atoms with Crippen molar-refractivity contribution in [2.75, 3.05) is 0 Å². The number of carbonyl (C=O) groups is 1. The van der Waals surface area contributed by atoms with E-state index >= 15 is 0 Å². The van der Waals surface area contributed by atoms with E-state index in [0.29, 0.717) is 0 Å². The first kappa shape index (κ1) is 11.6. The molecular formula is C10H11NO3S. The molecule has 0 aliphatic heterocycles. The molecular weight excluding hydrogens is 214 g/mol. The molecule has 1 aromatic carbocycles. The van der Waals surface area contributed by atoms with Crippen molar-refractivity contribution >= 4 is 21.9 Å². The highest BCUT2D eigenvalue weighted by Gasteiger charge is 2.05. The number of ketones is 1. The summed E-state index contributed by atoms with van der Waals surface area (Å²) in [6.45, 7) is 1.44. The predicted octanol–water partition coefficient (Wildman–Crippen LogP) is 0.936. The average Bonchev–Trinajstić information content (AvgIpc) is 2.14. The maximum atomic E-state index is 10.9. The van der Waals surface area contributed by atoms with Crippen LogP contribution in [0.5, 0.6) is 0 Å². The summed E-state index contributed by atoms with van der Waals surface area (Å²) in [5.41, 5.74) is 0.748. The lowest BCUT2D eigenvalue weighted by atomic mass is 10.2. The summed E-state index contributed by atoms with van der Waals surface area (Å²) in [6, 6.07) is 5.96. The number of benzene rings is 1. The Morgan fingerprint density at radius 1 is 1.27 bits per heavy atom. The van der Waals surface area contributed by atoms with Crippen LogP contribution in [0.25, 0.3) is 6.08 Å². The number of nitrogens with two attached hydrogens (primary N) is 1. The second-order valence-electron chi connectivity index (χ2n) is 3.06. The predicted molar refractivity (Wildman–Crippen MR) is 57.5 cm³/mol. The molecule has 5 heteroatoms. The first-order valence-corrected chi connectivity index (χ1v) is 5.76. The lowest BCUT2D eigenvalue weighted by Gasteiger charge is -1.97. The highest BCUT2D eigenvalue weighted by molar-refractivity contribution is 7.89. The molecule has 0 atom stereocenters. The van der Waals surface area contributed by atoms with Crippen molar-refractivity contribution < 1.29 is 13.2 Å². The molecule has 0 spiro atoms. The summed E-state index contributed by atoms with van der Waals surface area (Å²) in [4.78, 5) is 10.7. The molecule has 0 unspecified atom stereocenters. The van der Waals surface area contributed by atoms with Gasteiger partial charge >= 0.3 is 0 Å². The van der Waals surface area contributed by atoms with Crippen LogP contribution in [0.15, 0.2) is 35.2 Å². The maximum absolute atomic E-state index is 10.9. The van der Waals surface area contributed by atoms with Crippen LogP contribution in [-0.2, 0) is 14.8 Å². The van der Waals surface area contributed by atoms with Crippen molar-refractivity contribution in [3.63, 3.8) is 0 Å². The molecule has 0 fully saturated rings. The molecule has 0 radical (unpaired) electrons. The number of allylic oxidation sites excluding steroid dienone is 1. The zero-order valence-corrected chi connectivity index (χ0v) is 8.99. The second-order valence-corrected chi connectivity index (χ2v) is 4.62. The van der Waals surface area contributed by atoms with E-state index in [2.05, 4.69) is 0 Å². The summed E-state index contributed by atoms with van der Waals surface area (Å²) >= 11 is 0. The molecule has 1 rings (SSSR count). The third-order valence-corrected chi connectivity index (χ3v) is 2.65. The summed E-state index contributed by atoms with van der Waals surface area (Å²) in [6.07, 6.45) is 3.02. The Labute approximate surface area is 88.5 Å². The minimum atomic E-state index is -3.64. The van der Waals surface area contributed by atoms with E-state index in [4.69, 9.17) is 5.14 Å². The van der Waals surface area contributed by atoms with Crippen LogP contribution in [0.1, 0.15) is 12.5 Å². The van der Waals surface area contributed by atoms with Gasteiger partial charge in [-0.25, -0.2) is 13.6 Å². The van der Waals surface area contributed by atoms with E-state index in [1.54, 1.807) is 18.2 Å². The zero-order valence-electron chi connectivity index (χ0n) is 8.17. The topological polar surface area (TPSA) is 77.2 Å². The molecule has 80 valence electrons. The normalized spacial score (nSPS) is 11.9. The van der Waals surface area contributed by atoms with Crippen LogP contribution in [-0.4, -0.2) is 14.2 Å². The van der Waals surface area contributed by atoms with Gasteiger partial charge in [-0.15, -0.1) is 0 Å². The van der Waals surface area contributed by atoms with Gasteiger partial charge in [0.1, 0.15) is 0 Å². The standard InChI is InChI=1S/C10H11NO3S/c1-8(12)2-3-9-4-6-10(7-5-9)15(11,13)14/h2-7H,1H3,(H2,11,13,14). The average molecular weight is 225 g/mol. The minimum Gasteiger partial charge on any atom is -0.295 e. The van der Waals surface area contributed by atoms with Gasteiger partial charge in [0.25, 0.3) is 0 Å². The maximum Gasteiger partial charge on any atom is 0.238 e. The van der Waals surface area contributed by atoms with Gasteiger partial charge in [-0.2, -0.15) is 0 Å². The summed E-state index contributed by atoms with van der Waals surface area (Å²) < 4.78 is 21.8. The smallest absolute Gasteiger partial charge is 0.238 e. The van der Waals surface area contributed by atoms with Crippen LogP contribution >= 0.6 is 0 Å². The molecule has 0 aromatic heterocycles. The summed E-state index contributed by atoms with van der Waals surface area (Å²) in [7, 11) is -3.64. The fourth-order valence-corrected chi connectivity index (χ4v) is 1.50. The lowest BCUT2D eigenvalue weighted by Crippen LogP contribution is -2.11. The van der Waals surface area contributed by atoms with Gasteiger partial charge in [-0.3, -0.25) is 4.79 Å². The Kier molecular flexibility index (Phi) is 3.39. The number of carbonyl (C=O) groups excluding carboxylic acids is 1. The molecule has 0 saturated heterocycles. The molecule has 0 saturated carbocycles. The van der Waals surface area contributed by atoms with E-state index in [-0.39, 0.29) is 10.7 Å².